The van der Waals surface area contributed by atoms with Crippen molar-refractivity contribution in [2.45, 2.75) is 57.3 Å². The average Bonchev–Trinajstić information content (AvgIpc) is 2.38. The Morgan fingerprint density at radius 2 is 1.94 bits per heavy atom. The SMILES string of the molecule is C#CCCC(=NC1CCCCC1)C(OC)OC. The van der Waals surface area contributed by atoms with Gasteiger partial charge < -0.3 is 9.47 Å². The summed E-state index contributed by atoms with van der Waals surface area (Å²) in [5.74, 6) is 2.65. The molecule has 0 aromatic heterocycles. The lowest BCUT2D eigenvalue weighted by Crippen LogP contribution is -2.27. The Morgan fingerprint density at radius 1 is 1.29 bits per heavy atom. The first-order chi connectivity index (χ1) is 8.31. The first-order valence-corrected chi connectivity index (χ1v) is 6.37. The minimum atomic E-state index is -0.342. The highest BCUT2D eigenvalue weighted by Gasteiger charge is 2.18. The number of hydrogen-bond acceptors (Lipinski definition) is 3. The van der Waals surface area contributed by atoms with Crippen LogP contribution >= 0.6 is 0 Å². The summed E-state index contributed by atoms with van der Waals surface area (Å²) in [5, 5.41) is 0. The number of ether oxygens (including phenoxy) is 2. The molecular formula is C14H23NO2. The lowest BCUT2D eigenvalue weighted by atomic mass is 9.96. The molecule has 0 bridgehead atoms. The van der Waals surface area contributed by atoms with Gasteiger partial charge in [0.05, 0.1) is 11.8 Å². The molecule has 1 rings (SSSR count). The van der Waals surface area contributed by atoms with Gasteiger partial charge in [-0.15, -0.1) is 12.3 Å². The molecule has 0 aromatic carbocycles. The average molecular weight is 237 g/mol. The number of aliphatic imine (C=N–C) groups is 1. The van der Waals surface area contributed by atoms with Gasteiger partial charge in [-0.2, -0.15) is 0 Å². The molecule has 3 nitrogen and oxygen atoms in total. The van der Waals surface area contributed by atoms with Gasteiger partial charge in [-0.05, 0) is 12.8 Å². The van der Waals surface area contributed by atoms with Crippen molar-refractivity contribution in [3.8, 4) is 12.3 Å². The maximum absolute atomic E-state index is 5.31. The largest absolute Gasteiger partial charge is 0.351 e. The molecule has 96 valence electrons. The molecule has 0 N–H and O–H groups in total. The normalized spacial score (nSPS) is 18.4. The maximum Gasteiger partial charge on any atom is 0.196 e. The summed E-state index contributed by atoms with van der Waals surface area (Å²) >= 11 is 0. The fourth-order valence-electron chi connectivity index (χ4n) is 2.26. The van der Waals surface area contributed by atoms with E-state index in [1.165, 1.54) is 32.1 Å². The van der Waals surface area contributed by atoms with Crippen LogP contribution in [-0.2, 0) is 9.47 Å². The third-order valence-corrected chi connectivity index (χ3v) is 3.15. The molecule has 1 fully saturated rings. The molecule has 0 atom stereocenters. The second-order valence-corrected chi connectivity index (χ2v) is 4.42. The van der Waals surface area contributed by atoms with Crippen molar-refractivity contribution in [1.82, 2.24) is 0 Å². The zero-order valence-electron chi connectivity index (χ0n) is 10.9. The van der Waals surface area contributed by atoms with Crippen LogP contribution < -0.4 is 0 Å². The zero-order chi connectivity index (χ0) is 12.5. The topological polar surface area (TPSA) is 30.8 Å². The minimum Gasteiger partial charge on any atom is -0.351 e. The van der Waals surface area contributed by atoms with Crippen molar-refractivity contribution in [2.24, 2.45) is 4.99 Å². The maximum atomic E-state index is 5.31. The molecule has 0 radical (unpaired) electrons. The van der Waals surface area contributed by atoms with E-state index in [4.69, 9.17) is 20.9 Å². The minimum absolute atomic E-state index is 0.342. The van der Waals surface area contributed by atoms with Crippen LogP contribution in [0.2, 0.25) is 0 Å². The van der Waals surface area contributed by atoms with E-state index in [-0.39, 0.29) is 6.29 Å². The molecule has 3 heteroatoms. The molecule has 0 saturated heterocycles. The highest BCUT2D eigenvalue weighted by Crippen LogP contribution is 2.21. The van der Waals surface area contributed by atoms with Gasteiger partial charge in [-0.1, -0.05) is 19.3 Å². The highest BCUT2D eigenvalue weighted by atomic mass is 16.7. The summed E-state index contributed by atoms with van der Waals surface area (Å²) in [6.45, 7) is 0. The molecule has 1 aliphatic rings. The summed E-state index contributed by atoms with van der Waals surface area (Å²) in [4.78, 5) is 4.79. The molecule has 1 saturated carbocycles. The second kappa shape index (κ2) is 8.27. The van der Waals surface area contributed by atoms with Crippen molar-refractivity contribution in [2.75, 3.05) is 14.2 Å². The molecule has 0 aromatic rings. The number of rotatable bonds is 6. The van der Waals surface area contributed by atoms with Gasteiger partial charge >= 0.3 is 0 Å². The molecular weight excluding hydrogens is 214 g/mol. The molecule has 0 unspecified atom stereocenters. The van der Waals surface area contributed by atoms with Crippen molar-refractivity contribution in [1.29, 1.82) is 0 Å². The van der Waals surface area contributed by atoms with E-state index in [2.05, 4.69) is 5.92 Å². The summed E-state index contributed by atoms with van der Waals surface area (Å²) in [6.07, 6.45) is 12.7. The summed E-state index contributed by atoms with van der Waals surface area (Å²) in [6, 6.07) is 0.435. The van der Waals surface area contributed by atoms with Gasteiger partial charge in [-0.25, -0.2) is 0 Å². The summed E-state index contributed by atoms with van der Waals surface area (Å²) < 4.78 is 10.6. The van der Waals surface area contributed by atoms with Gasteiger partial charge in [0.2, 0.25) is 0 Å². The first-order valence-electron chi connectivity index (χ1n) is 6.37. The molecule has 0 aliphatic heterocycles. The van der Waals surface area contributed by atoms with Gasteiger partial charge in [0.25, 0.3) is 0 Å². The number of nitrogens with zero attached hydrogens (tertiary/aromatic N) is 1. The van der Waals surface area contributed by atoms with Crippen LogP contribution in [0, 0.1) is 12.3 Å². The predicted molar refractivity (Wildman–Crippen MR) is 70.2 cm³/mol. The fraction of sp³-hybridized carbons (Fsp3) is 0.786. The zero-order valence-corrected chi connectivity index (χ0v) is 10.9. The summed E-state index contributed by atoms with van der Waals surface area (Å²) in [7, 11) is 3.28. The Morgan fingerprint density at radius 3 is 2.47 bits per heavy atom. The van der Waals surface area contributed by atoms with Crippen LogP contribution in [0.25, 0.3) is 0 Å². The van der Waals surface area contributed by atoms with E-state index >= 15 is 0 Å². The number of terminal acetylenes is 1. The smallest absolute Gasteiger partial charge is 0.196 e. The van der Waals surface area contributed by atoms with E-state index < -0.39 is 0 Å². The van der Waals surface area contributed by atoms with Crippen LogP contribution in [0.15, 0.2) is 4.99 Å². The number of methoxy groups -OCH3 is 2. The van der Waals surface area contributed by atoms with Gasteiger partial charge in [0.15, 0.2) is 6.29 Å². The van der Waals surface area contributed by atoms with Crippen LogP contribution in [0.3, 0.4) is 0 Å². The Bertz CT molecular complexity index is 270. The third kappa shape index (κ3) is 4.89. The Hall–Kier alpha value is -0.850. The van der Waals surface area contributed by atoms with Crippen molar-refractivity contribution >= 4 is 5.71 Å². The monoisotopic (exact) mass is 237 g/mol. The molecule has 17 heavy (non-hydrogen) atoms. The molecule has 0 amide bonds. The standard InChI is InChI=1S/C14H23NO2/c1-4-5-11-13(14(16-2)17-3)15-12-9-7-6-8-10-12/h1,12,14H,5-11H2,2-3H3. The number of hydrogen-bond donors (Lipinski definition) is 0. The summed E-state index contributed by atoms with van der Waals surface area (Å²) in [5.41, 5.74) is 0.958. The quantitative estimate of drug-likeness (QED) is 0.404. The van der Waals surface area contributed by atoms with E-state index in [1.807, 2.05) is 0 Å². The second-order valence-electron chi connectivity index (χ2n) is 4.42. The third-order valence-electron chi connectivity index (χ3n) is 3.15. The van der Waals surface area contributed by atoms with E-state index in [9.17, 15) is 0 Å². The van der Waals surface area contributed by atoms with Crippen LogP contribution in [0.5, 0.6) is 0 Å². The molecule has 1 aliphatic carbocycles. The van der Waals surface area contributed by atoms with Gasteiger partial charge in [0, 0.05) is 27.1 Å². The van der Waals surface area contributed by atoms with Crippen LogP contribution in [0.1, 0.15) is 44.9 Å². The van der Waals surface area contributed by atoms with E-state index in [1.54, 1.807) is 14.2 Å². The van der Waals surface area contributed by atoms with E-state index in [0.717, 1.165) is 12.1 Å². The lowest BCUT2D eigenvalue weighted by Gasteiger charge is -2.22. The Balaban J connectivity index is 2.65. The first kappa shape index (κ1) is 14.2. The fourth-order valence-corrected chi connectivity index (χ4v) is 2.26. The van der Waals surface area contributed by atoms with E-state index in [0.29, 0.717) is 12.5 Å². The predicted octanol–water partition coefficient (Wildman–Crippen LogP) is 2.79. The Labute approximate surface area is 105 Å². The highest BCUT2D eigenvalue weighted by molar-refractivity contribution is 5.88. The van der Waals surface area contributed by atoms with Crippen LogP contribution in [0.4, 0.5) is 0 Å². The molecule has 0 spiro atoms. The van der Waals surface area contributed by atoms with Gasteiger partial charge in [-0.3, -0.25) is 4.99 Å². The van der Waals surface area contributed by atoms with Crippen molar-refractivity contribution < 1.29 is 9.47 Å². The van der Waals surface area contributed by atoms with Crippen molar-refractivity contribution in [3.63, 3.8) is 0 Å². The van der Waals surface area contributed by atoms with Gasteiger partial charge in [0.1, 0.15) is 0 Å². The lowest BCUT2D eigenvalue weighted by molar-refractivity contribution is -0.0534. The molecule has 0 heterocycles. The van der Waals surface area contributed by atoms with Crippen LogP contribution in [-0.4, -0.2) is 32.3 Å². The Kier molecular flexibility index (Phi) is 6.91. The van der Waals surface area contributed by atoms with Crippen molar-refractivity contribution in [3.05, 3.63) is 0 Å².